The summed E-state index contributed by atoms with van der Waals surface area (Å²) < 4.78 is 4.70. The monoisotopic (exact) mass is 279 g/mol. The number of methoxy groups -OCH3 is 1. The Hall–Kier alpha value is -1.06. The molecule has 4 heteroatoms. The molecule has 20 heavy (non-hydrogen) atoms. The Morgan fingerprint density at radius 2 is 1.80 bits per heavy atom. The molecule has 0 saturated heterocycles. The summed E-state index contributed by atoms with van der Waals surface area (Å²) in [7, 11) is 1.36. The molecular weight excluding hydrogens is 254 g/mol. The number of esters is 1. The maximum Gasteiger partial charge on any atom is 0.328 e. The number of ether oxygens (including phenoxy) is 1. The van der Waals surface area contributed by atoms with Gasteiger partial charge in [0, 0.05) is 0 Å². The minimum atomic E-state index is -0.548. The van der Waals surface area contributed by atoms with Crippen molar-refractivity contribution >= 4 is 11.9 Å². The van der Waals surface area contributed by atoms with E-state index in [1.165, 1.54) is 26.4 Å². The SMILES string of the molecule is COC(=O)C(C)NC(=O)C12CC3CC(CC(C)(C3)C1)C2. The summed E-state index contributed by atoms with van der Waals surface area (Å²) in [4.78, 5) is 24.3. The van der Waals surface area contributed by atoms with E-state index in [0.29, 0.717) is 17.3 Å². The molecule has 4 aliphatic rings. The van der Waals surface area contributed by atoms with Crippen molar-refractivity contribution in [1.82, 2.24) is 5.32 Å². The number of hydrogen-bond donors (Lipinski definition) is 1. The van der Waals surface area contributed by atoms with E-state index in [2.05, 4.69) is 12.2 Å². The van der Waals surface area contributed by atoms with Gasteiger partial charge in [0.2, 0.25) is 5.91 Å². The van der Waals surface area contributed by atoms with Crippen molar-refractivity contribution in [1.29, 1.82) is 0 Å². The molecule has 4 fully saturated rings. The van der Waals surface area contributed by atoms with Crippen molar-refractivity contribution in [3.8, 4) is 0 Å². The van der Waals surface area contributed by atoms with Crippen molar-refractivity contribution < 1.29 is 14.3 Å². The first-order chi connectivity index (χ1) is 9.36. The molecule has 1 amide bonds. The molecule has 4 rings (SSSR count). The maximum absolute atomic E-state index is 12.8. The zero-order chi connectivity index (χ0) is 14.5. The van der Waals surface area contributed by atoms with Crippen molar-refractivity contribution in [2.75, 3.05) is 7.11 Å². The molecule has 0 spiro atoms. The van der Waals surface area contributed by atoms with Crippen LogP contribution in [0.15, 0.2) is 0 Å². The number of nitrogens with one attached hydrogen (secondary N) is 1. The maximum atomic E-state index is 12.8. The fourth-order valence-corrected chi connectivity index (χ4v) is 5.57. The fraction of sp³-hybridized carbons (Fsp3) is 0.875. The zero-order valence-corrected chi connectivity index (χ0v) is 12.7. The molecule has 112 valence electrons. The molecule has 0 aromatic carbocycles. The van der Waals surface area contributed by atoms with E-state index in [4.69, 9.17) is 4.74 Å². The Morgan fingerprint density at radius 1 is 1.20 bits per heavy atom. The third kappa shape index (κ3) is 2.13. The second-order valence-corrected chi connectivity index (χ2v) is 7.77. The second-order valence-electron chi connectivity index (χ2n) is 7.77. The van der Waals surface area contributed by atoms with Crippen LogP contribution in [0, 0.1) is 22.7 Å². The third-order valence-electron chi connectivity index (χ3n) is 5.74. The largest absolute Gasteiger partial charge is 0.467 e. The van der Waals surface area contributed by atoms with Gasteiger partial charge in [-0.25, -0.2) is 4.79 Å². The average Bonchev–Trinajstić information content (AvgIpc) is 2.34. The summed E-state index contributed by atoms with van der Waals surface area (Å²) in [6, 6.07) is -0.548. The Kier molecular flexibility index (Phi) is 3.11. The van der Waals surface area contributed by atoms with Crippen LogP contribution in [0.3, 0.4) is 0 Å². The highest BCUT2D eigenvalue weighted by Gasteiger charge is 2.58. The normalized spacial score (nSPS) is 43.1. The van der Waals surface area contributed by atoms with Gasteiger partial charge in [-0.15, -0.1) is 0 Å². The first kappa shape index (κ1) is 13.9. The van der Waals surface area contributed by atoms with Crippen LogP contribution in [-0.4, -0.2) is 25.0 Å². The summed E-state index contributed by atoms with van der Waals surface area (Å²) >= 11 is 0. The lowest BCUT2D eigenvalue weighted by Gasteiger charge is -2.60. The van der Waals surface area contributed by atoms with E-state index in [1.54, 1.807) is 6.92 Å². The van der Waals surface area contributed by atoms with Crippen LogP contribution >= 0.6 is 0 Å². The summed E-state index contributed by atoms with van der Waals surface area (Å²) in [6.45, 7) is 4.04. The predicted molar refractivity (Wildman–Crippen MR) is 74.8 cm³/mol. The van der Waals surface area contributed by atoms with Gasteiger partial charge in [0.05, 0.1) is 12.5 Å². The highest BCUT2D eigenvalue weighted by Crippen LogP contribution is 2.65. The molecule has 3 atom stereocenters. The molecule has 4 bridgehead atoms. The van der Waals surface area contributed by atoms with Gasteiger partial charge in [-0.2, -0.15) is 0 Å². The highest BCUT2D eigenvalue weighted by molar-refractivity contribution is 5.88. The molecule has 4 aliphatic carbocycles. The lowest BCUT2D eigenvalue weighted by atomic mass is 9.44. The van der Waals surface area contributed by atoms with Crippen LogP contribution in [-0.2, 0) is 14.3 Å². The van der Waals surface area contributed by atoms with Gasteiger partial charge in [0.1, 0.15) is 6.04 Å². The number of carbonyl (C=O) groups excluding carboxylic acids is 2. The van der Waals surface area contributed by atoms with E-state index in [1.807, 2.05) is 0 Å². The van der Waals surface area contributed by atoms with E-state index >= 15 is 0 Å². The molecule has 3 unspecified atom stereocenters. The Balaban J connectivity index is 1.76. The van der Waals surface area contributed by atoms with Gasteiger partial charge in [-0.05, 0) is 62.7 Å². The summed E-state index contributed by atoms with van der Waals surface area (Å²) in [5.41, 5.74) is 0.122. The minimum absolute atomic E-state index is 0.0794. The molecule has 0 aromatic heterocycles. The standard InChI is InChI=1S/C16H25NO3/c1-10(13(18)20-3)17-14(19)16-7-11-4-12(8-16)6-15(2,5-11)9-16/h10-12H,4-9H2,1-3H3,(H,17,19). The molecule has 0 aliphatic heterocycles. The molecule has 1 N–H and O–H groups in total. The average molecular weight is 279 g/mol. The third-order valence-corrected chi connectivity index (χ3v) is 5.74. The van der Waals surface area contributed by atoms with Gasteiger partial charge in [0.25, 0.3) is 0 Å². The van der Waals surface area contributed by atoms with Crippen LogP contribution in [0.1, 0.15) is 52.4 Å². The lowest BCUT2D eigenvalue weighted by Crippen LogP contribution is -2.58. The van der Waals surface area contributed by atoms with Crippen molar-refractivity contribution in [2.45, 2.75) is 58.4 Å². The van der Waals surface area contributed by atoms with E-state index in [0.717, 1.165) is 19.3 Å². The highest BCUT2D eigenvalue weighted by atomic mass is 16.5. The topological polar surface area (TPSA) is 55.4 Å². The van der Waals surface area contributed by atoms with E-state index < -0.39 is 6.04 Å². The first-order valence-corrected chi connectivity index (χ1v) is 7.75. The van der Waals surface area contributed by atoms with Crippen LogP contribution < -0.4 is 5.32 Å². The van der Waals surface area contributed by atoms with Crippen LogP contribution in [0.2, 0.25) is 0 Å². The lowest BCUT2D eigenvalue weighted by molar-refractivity contribution is -0.158. The number of rotatable bonds is 3. The van der Waals surface area contributed by atoms with E-state index in [-0.39, 0.29) is 17.3 Å². The Labute approximate surface area is 120 Å². The molecule has 0 radical (unpaired) electrons. The minimum Gasteiger partial charge on any atom is -0.467 e. The molecule has 4 nitrogen and oxygen atoms in total. The van der Waals surface area contributed by atoms with Gasteiger partial charge in [-0.1, -0.05) is 6.92 Å². The second kappa shape index (κ2) is 4.47. The fourth-order valence-electron chi connectivity index (χ4n) is 5.57. The van der Waals surface area contributed by atoms with Crippen molar-refractivity contribution in [3.63, 3.8) is 0 Å². The molecule has 4 saturated carbocycles. The van der Waals surface area contributed by atoms with Gasteiger partial charge in [0.15, 0.2) is 0 Å². The zero-order valence-electron chi connectivity index (χ0n) is 12.7. The Bertz CT molecular complexity index is 431. The van der Waals surface area contributed by atoms with Crippen LogP contribution in [0.5, 0.6) is 0 Å². The quantitative estimate of drug-likeness (QED) is 0.806. The Morgan fingerprint density at radius 3 is 2.30 bits per heavy atom. The first-order valence-electron chi connectivity index (χ1n) is 7.75. The summed E-state index contributed by atoms with van der Waals surface area (Å²) in [6.07, 6.45) is 6.89. The number of amides is 1. The summed E-state index contributed by atoms with van der Waals surface area (Å²) in [5.74, 6) is 1.13. The number of carbonyl (C=O) groups is 2. The number of hydrogen-bond acceptors (Lipinski definition) is 3. The van der Waals surface area contributed by atoms with Crippen LogP contribution in [0.25, 0.3) is 0 Å². The van der Waals surface area contributed by atoms with Gasteiger partial charge in [-0.3, -0.25) is 4.79 Å². The van der Waals surface area contributed by atoms with Crippen molar-refractivity contribution in [2.24, 2.45) is 22.7 Å². The predicted octanol–water partition coefficient (Wildman–Crippen LogP) is 2.27. The molecule has 0 heterocycles. The van der Waals surface area contributed by atoms with Gasteiger partial charge < -0.3 is 10.1 Å². The molecular formula is C16H25NO3. The summed E-state index contributed by atoms with van der Waals surface area (Å²) in [5, 5.41) is 2.89. The van der Waals surface area contributed by atoms with Crippen LogP contribution in [0.4, 0.5) is 0 Å². The molecule has 0 aromatic rings. The van der Waals surface area contributed by atoms with Gasteiger partial charge >= 0.3 is 5.97 Å². The smallest absolute Gasteiger partial charge is 0.328 e. The van der Waals surface area contributed by atoms with E-state index in [9.17, 15) is 9.59 Å². The van der Waals surface area contributed by atoms with Crippen molar-refractivity contribution in [3.05, 3.63) is 0 Å².